The lowest BCUT2D eigenvalue weighted by atomic mass is 10.1. The topological polar surface area (TPSA) is 26.3 Å². The number of allylic oxidation sites excluding steroid dienone is 2. The molecule has 2 heteroatoms. The third-order valence-electron chi connectivity index (χ3n) is 1.78. The van der Waals surface area contributed by atoms with Crippen molar-refractivity contribution in [2.45, 2.75) is 40.2 Å². The van der Waals surface area contributed by atoms with Crippen molar-refractivity contribution in [2.24, 2.45) is 0 Å². The normalized spacial score (nSPS) is 13.6. The highest BCUT2D eigenvalue weighted by Crippen LogP contribution is 2.10. The fourth-order valence-corrected chi connectivity index (χ4v) is 1.25. The largest absolute Gasteiger partial charge is 0.374 e. The molecular weight excluding hydrogens is 176 g/mol. The highest BCUT2D eigenvalue weighted by molar-refractivity contribution is 5.65. The van der Waals surface area contributed by atoms with Gasteiger partial charge in [0.2, 0.25) is 0 Å². The van der Waals surface area contributed by atoms with Gasteiger partial charge in [0.15, 0.2) is 0 Å². The van der Waals surface area contributed by atoms with E-state index in [9.17, 15) is 4.79 Å². The summed E-state index contributed by atoms with van der Waals surface area (Å²) in [6, 6.07) is 0. The van der Waals surface area contributed by atoms with Crippen LogP contribution < -0.4 is 0 Å². The molecule has 0 aliphatic rings. The third-order valence-corrected chi connectivity index (χ3v) is 1.78. The van der Waals surface area contributed by atoms with Crippen LogP contribution in [0.2, 0.25) is 0 Å². The van der Waals surface area contributed by atoms with Crippen LogP contribution >= 0.6 is 0 Å². The summed E-state index contributed by atoms with van der Waals surface area (Å²) in [6.07, 6.45) is 5.39. The van der Waals surface area contributed by atoms with E-state index < -0.39 is 0 Å². The van der Waals surface area contributed by atoms with Crippen LogP contribution in [0.4, 0.5) is 0 Å². The van der Waals surface area contributed by atoms with Gasteiger partial charge in [-0.2, -0.15) is 0 Å². The Morgan fingerprint density at radius 1 is 1.36 bits per heavy atom. The van der Waals surface area contributed by atoms with E-state index in [1.807, 2.05) is 27.7 Å². The van der Waals surface area contributed by atoms with Gasteiger partial charge in [0.25, 0.3) is 0 Å². The molecule has 0 aliphatic carbocycles. The quantitative estimate of drug-likeness (QED) is 0.371. The Morgan fingerprint density at radius 2 is 2.00 bits per heavy atom. The fraction of sp³-hybridized carbons (Fsp3) is 0.583. The monoisotopic (exact) mass is 196 g/mol. The van der Waals surface area contributed by atoms with E-state index in [1.165, 1.54) is 5.57 Å². The van der Waals surface area contributed by atoms with Crippen LogP contribution in [0.1, 0.15) is 34.1 Å². The van der Waals surface area contributed by atoms with Gasteiger partial charge in [-0.1, -0.05) is 17.2 Å². The molecule has 80 valence electrons. The van der Waals surface area contributed by atoms with E-state index in [-0.39, 0.29) is 6.10 Å². The van der Waals surface area contributed by atoms with Crippen molar-refractivity contribution in [1.29, 1.82) is 0 Å². The summed E-state index contributed by atoms with van der Waals surface area (Å²) in [5, 5.41) is 0. The molecule has 0 aromatic rings. The lowest BCUT2D eigenvalue weighted by molar-refractivity contribution is -0.104. The molecule has 0 aromatic carbocycles. The first kappa shape index (κ1) is 13.1. The smallest absolute Gasteiger partial charge is 0.142 e. The van der Waals surface area contributed by atoms with Crippen LogP contribution in [-0.2, 0) is 9.53 Å². The van der Waals surface area contributed by atoms with E-state index in [0.29, 0.717) is 6.61 Å². The molecule has 2 nitrogen and oxygen atoms in total. The van der Waals surface area contributed by atoms with Crippen molar-refractivity contribution in [1.82, 2.24) is 0 Å². The van der Waals surface area contributed by atoms with Crippen LogP contribution in [0, 0.1) is 0 Å². The van der Waals surface area contributed by atoms with Gasteiger partial charge in [-0.05, 0) is 40.2 Å². The van der Waals surface area contributed by atoms with Crippen LogP contribution in [0.3, 0.4) is 0 Å². The maximum atomic E-state index is 10.2. The third kappa shape index (κ3) is 6.61. The number of carbonyl (C=O) groups is 1. The molecule has 1 atom stereocenters. The Hall–Kier alpha value is -0.890. The van der Waals surface area contributed by atoms with E-state index in [0.717, 1.165) is 18.3 Å². The first-order chi connectivity index (χ1) is 6.60. The highest BCUT2D eigenvalue weighted by Gasteiger charge is 2.05. The van der Waals surface area contributed by atoms with Crippen molar-refractivity contribution < 1.29 is 9.53 Å². The Morgan fingerprint density at radius 3 is 2.43 bits per heavy atom. The van der Waals surface area contributed by atoms with Crippen LogP contribution in [0.15, 0.2) is 23.3 Å². The second-order valence-electron chi connectivity index (χ2n) is 3.59. The molecule has 0 saturated heterocycles. The van der Waals surface area contributed by atoms with E-state index in [2.05, 4.69) is 6.08 Å². The van der Waals surface area contributed by atoms with Crippen LogP contribution in [0.5, 0.6) is 0 Å². The number of hydrogen-bond acceptors (Lipinski definition) is 2. The summed E-state index contributed by atoms with van der Waals surface area (Å²) < 4.78 is 5.54. The van der Waals surface area contributed by atoms with Crippen LogP contribution in [0.25, 0.3) is 0 Å². The second kappa shape index (κ2) is 7.51. The SMILES string of the molecule is CCOC(C=C(C)C)C/C(C)=C\C=O. The number of hydrogen-bond donors (Lipinski definition) is 0. The summed E-state index contributed by atoms with van der Waals surface area (Å²) >= 11 is 0. The molecule has 0 radical (unpaired) electrons. The zero-order valence-electron chi connectivity index (χ0n) is 9.54. The van der Waals surface area contributed by atoms with Gasteiger partial charge in [-0.15, -0.1) is 0 Å². The van der Waals surface area contributed by atoms with Crippen molar-refractivity contribution in [3.05, 3.63) is 23.3 Å². The summed E-state index contributed by atoms with van der Waals surface area (Å²) in [5.74, 6) is 0. The molecule has 0 saturated carbocycles. The Kier molecular flexibility index (Phi) is 7.03. The lowest BCUT2D eigenvalue weighted by Gasteiger charge is -2.13. The zero-order chi connectivity index (χ0) is 11.0. The van der Waals surface area contributed by atoms with Crippen molar-refractivity contribution in [2.75, 3.05) is 6.61 Å². The predicted octanol–water partition coefficient (Wildman–Crippen LogP) is 2.89. The van der Waals surface area contributed by atoms with Gasteiger partial charge >= 0.3 is 0 Å². The minimum Gasteiger partial charge on any atom is -0.374 e. The van der Waals surface area contributed by atoms with Crippen molar-refractivity contribution in [3.63, 3.8) is 0 Å². The Balaban J connectivity index is 4.29. The number of rotatable bonds is 6. The first-order valence-corrected chi connectivity index (χ1v) is 4.97. The fourth-order valence-electron chi connectivity index (χ4n) is 1.25. The van der Waals surface area contributed by atoms with Crippen LogP contribution in [-0.4, -0.2) is 19.0 Å². The zero-order valence-corrected chi connectivity index (χ0v) is 9.54. The summed E-state index contributed by atoms with van der Waals surface area (Å²) in [4.78, 5) is 10.2. The number of carbonyl (C=O) groups excluding carboxylic acids is 1. The molecule has 0 amide bonds. The molecule has 1 unspecified atom stereocenters. The Labute approximate surface area is 86.6 Å². The molecule has 14 heavy (non-hydrogen) atoms. The van der Waals surface area contributed by atoms with E-state index in [4.69, 9.17) is 4.74 Å². The summed E-state index contributed by atoms with van der Waals surface area (Å²) in [7, 11) is 0. The summed E-state index contributed by atoms with van der Waals surface area (Å²) in [5.41, 5.74) is 2.29. The first-order valence-electron chi connectivity index (χ1n) is 4.97. The molecule has 0 N–H and O–H groups in total. The van der Waals surface area contributed by atoms with Gasteiger partial charge in [0, 0.05) is 6.61 Å². The van der Waals surface area contributed by atoms with Gasteiger partial charge in [-0.25, -0.2) is 0 Å². The minimum atomic E-state index is 0.0983. The maximum absolute atomic E-state index is 10.2. The standard InChI is InChI=1S/C12H20O2/c1-5-14-12(8-10(2)3)9-11(4)6-7-13/h6-8,12H,5,9H2,1-4H3/b11-6-. The van der Waals surface area contributed by atoms with Crippen molar-refractivity contribution >= 4 is 6.29 Å². The van der Waals surface area contributed by atoms with E-state index in [1.54, 1.807) is 6.08 Å². The number of aldehydes is 1. The van der Waals surface area contributed by atoms with E-state index >= 15 is 0 Å². The van der Waals surface area contributed by atoms with Gasteiger partial charge in [0.1, 0.15) is 6.29 Å². The maximum Gasteiger partial charge on any atom is 0.142 e. The van der Waals surface area contributed by atoms with Crippen molar-refractivity contribution in [3.8, 4) is 0 Å². The lowest BCUT2D eigenvalue weighted by Crippen LogP contribution is -2.10. The molecule has 0 heterocycles. The average molecular weight is 196 g/mol. The molecule has 0 aliphatic heterocycles. The minimum absolute atomic E-state index is 0.0983. The second-order valence-corrected chi connectivity index (χ2v) is 3.59. The molecule has 0 aromatic heterocycles. The molecule has 0 spiro atoms. The number of ether oxygens (including phenoxy) is 1. The molecular formula is C12H20O2. The van der Waals surface area contributed by atoms with Gasteiger partial charge in [-0.3, -0.25) is 4.79 Å². The highest BCUT2D eigenvalue weighted by atomic mass is 16.5. The van der Waals surface area contributed by atoms with Gasteiger partial charge in [0.05, 0.1) is 6.10 Å². The molecule has 0 bridgehead atoms. The Bertz CT molecular complexity index is 222. The molecule has 0 fully saturated rings. The average Bonchev–Trinajstić information content (AvgIpc) is 2.03. The van der Waals surface area contributed by atoms with Gasteiger partial charge < -0.3 is 4.74 Å². The predicted molar refractivity (Wildman–Crippen MR) is 59.3 cm³/mol. The summed E-state index contributed by atoms with van der Waals surface area (Å²) in [6.45, 7) is 8.71. The molecule has 0 rings (SSSR count).